The molecule has 1 N–H and O–H groups in total. The molecule has 0 unspecified atom stereocenters. The predicted molar refractivity (Wildman–Crippen MR) is 78.7 cm³/mol. The Kier molecular flexibility index (Phi) is 4.88. The van der Waals surface area contributed by atoms with Gasteiger partial charge >= 0.3 is 0 Å². The van der Waals surface area contributed by atoms with Gasteiger partial charge in [-0.15, -0.1) is 0 Å². The normalized spacial score (nSPS) is 16.1. The SMILES string of the molecule is Cc1cnc(C(=O)NC2CCN(C(=O)C(C)C)CC2)cn1. The van der Waals surface area contributed by atoms with E-state index >= 15 is 0 Å². The van der Waals surface area contributed by atoms with Crippen LogP contribution in [0.15, 0.2) is 12.4 Å². The molecule has 1 aliphatic heterocycles. The van der Waals surface area contributed by atoms with Crippen molar-refractivity contribution >= 4 is 11.8 Å². The first kappa shape index (κ1) is 15.4. The number of aromatic nitrogens is 2. The maximum Gasteiger partial charge on any atom is 0.271 e. The van der Waals surface area contributed by atoms with Crippen molar-refractivity contribution in [2.45, 2.75) is 39.7 Å². The Balaban J connectivity index is 1.84. The Morgan fingerprint density at radius 3 is 2.43 bits per heavy atom. The number of rotatable bonds is 3. The average molecular weight is 290 g/mol. The molecule has 2 amide bonds. The van der Waals surface area contributed by atoms with Crippen LogP contribution in [0.5, 0.6) is 0 Å². The van der Waals surface area contributed by atoms with Crippen molar-refractivity contribution in [2.24, 2.45) is 5.92 Å². The second kappa shape index (κ2) is 6.65. The Hall–Kier alpha value is -1.98. The van der Waals surface area contributed by atoms with Crippen LogP contribution < -0.4 is 5.32 Å². The highest BCUT2D eigenvalue weighted by Crippen LogP contribution is 2.13. The smallest absolute Gasteiger partial charge is 0.271 e. The second-order valence-electron chi connectivity index (χ2n) is 5.77. The number of amides is 2. The molecule has 0 saturated carbocycles. The van der Waals surface area contributed by atoms with Gasteiger partial charge in [-0.3, -0.25) is 14.6 Å². The van der Waals surface area contributed by atoms with Gasteiger partial charge in [0.1, 0.15) is 5.69 Å². The maximum absolute atomic E-state index is 12.1. The van der Waals surface area contributed by atoms with E-state index in [1.54, 1.807) is 6.20 Å². The molecule has 114 valence electrons. The van der Waals surface area contributed by atoms with E-state index in [0.717, 1.165) is 18.5 Å². The largest absolute Gasteiger partial charge is 0.348 e. The lowest BCUT2D eigenvalue weighted by Crippen LogP contribution is -2.47. The van der Waals surface area contributed by atoms with Gasteiger partial charge in [0, 0.05) is 31.2 Å². The van der Waals surface area contributed by atoms with Crippen molar-refractivity contribution in [1.82, 2.24) is 20.2 Å². The molecule has 0 bridgehead atoms. The van der Waals surface area contributed by atoms with Crippen molar-refractivity contribution in [1.29, 1.82) is 0 Å². The fraction of sp³-hybridized carbons (Fsp3) is 0.600. The molecule has 2 rings (SSSR count). The summed E-state index contributed by atoms with van der Waals surface area (Å²) >= 11 is 0. The van der Waals surface area contributed by atoms with Gasteiger partial charge in [-0.2, -0.15) is 0 Å². The van der Waals surface area contributed by atoms with E-state index in [4.69, 9.17) is 0 Å². The summed E-state index contributed by atoms with van der Waals surface area (Å²) < 4.78 is 0. The summed E-state index contributed by atoms with van der Waals surface area (Å²) in [5.41, 5.74) is 1.12. The van der Waals surface area contributed by atoms with Crippen LogP contribution >= 0.6 is 0 Å². The minimum atomic E-state index is -0.198. The summed E-state index contributed by atoms with van der Waals surface area (Å²) in [4.78, 5) is 34.0. The molecule has 6 heteroatoms. The van der Waals surface area contributed by atoms with Crippen LogP contribution in [0.3, 0.4) is 0 Å². The minimum Gasteiger partial charge on any atom is -0.348 e. The fourth-order valence-corrected chi connectivity index (χ4v) is 2.38. The van der Waals surface area contributed by atoms with Crippen molar-refractivity contribution in [3.05, 3.63) is 23.8 Å². The Bertz CT molecular complexity index is 505. The third kappa shape index (κ3) is 4.00. The van der Waals surface area contributed by atoms with Crippen molar-refractivity contribution < 1.29 is 9.59 Å². The van der Waals surface area contributed by atoms with E-state index in [9.17, 15) is 9.59 Å². The number of carbonyl (C=O) groups excluding carboxylic acids is 2. The van der Waals surface area contributed by atoms with Gasteiger partial charge < -0.3 is 10.2 Å². The van der Waals surface area contributed by atoms with Crippen LogP contribution in [-0.2, 0) is 4.79 Å². The number of hydrogen-bond acceptors (Lipinski definition) is 4. The lowest BCUT2D eigenvalue weighted by molar-refractivity contribution is -0.135. The second-order valence-corrected chi connectivity index (χ2v) is 5.77. The maximum atomic E-state index is 12.1. The van der Waals surface area contributed by atoms with Gasteiger partial charge in [0.25, 0.3) is 5.91 Å². The summed E-state index contributed by atoms with van der Waals surface area (Å²) in [7, 11) is 0. The Morgan fingerprint density at radius 1 is 1.24 bits per heavy atom. The van der Waals surface area contributed by atoms with Crippen molar-refractivity contribution in [2.75, 3.05) is 13.1 Å². The third-order valence-corrected chi connectivity index (χ3v) is 3.65. The first-order valence-electron chi connectivity index (χ1n) is 7.35. The molecular weight excluding hydrogens is 268 g/mol. The molecule has 1 saturated heterocycles. The highest BCUT2D eigenvalue weighted by Gasteiger charge is 2.25. The first-order valence-corrected chi connectivity index (χ1v) is 7.35. The number of aryl methyl sites for hydroxylation is 1. The number of piperidine rings is 1. The molecule has 0 radical (unpaired) electrons. The topological polar surface area (TPSA) is 75.2 Å². The third-order valence-electron chi connectivity index (χ3n) is 3.65. The van der Waals surface area contributed by atoms with Gasteiger partial charge in [0.15, 0.2) is 0 Å². The number of nitrogens with zero attached hydrogens (tertiary/aromatic N) is 3. The summed E-state index contributed by atoms with van der Waals surface area (Å²) in [6, 6.07) is 0.0943. The van der Waals surface area contributed by atoms with Crippen LogP contribution in [0.4, 0.5) is 0 Å². The number of likely N-dealkylation sites (tertiary alicyclic amines) is 1. The van der Waals surface area contributed by atoms with Crippen LogP contribution in [0.2, 0.25) is 0 Å². The highest BCUT2D eigenvalue weighted by atomic mass is 16.2. The van der Waals surface area contributed by atoms with Gasteiger partial charge in [0.05, 0.1) is 11.9 Å². The zero-order chi connectivity index (χ0) is 15.4. The van der Waals surface area contributed by atoms with E-state index in [2.05, 4.69) is 15.3 Å². The molecule has 2 heterocycles. The van der Waals surface area contributed by atoms with Gasteiger partial charge in [0.2, 0.25) is 5.91 Å². The lowest BCUT2D eigenvalue weighted by Gasteiger charge is -2.33. The molecular formula is C15H22N4O2. The molecule has 0 aliphatic carbocycles. The van der Waals surface area contributed by atoms with Crippen LogP contribution in [0.25, 0.3) is 0 Å². The molecule has 0 aromatic carbocycles. The zero-order valence-electron chi connectivity index (χ0n) is 12.8. The van der Waals surface area contributed by atoms with E-state index < -0.39 is 0 Å². The van der Waals surface area contributed by atoms with E-state index in [1.165, 1.54) is 6.20 Å². The van der Waals surface area contributed by atoms with Crippen LogP contribution in [0, 0.1) is 12.8 Å². The molecule has 1 aliphatic rings. The summed E-state index contributed by atoms with van der Waals surface area (Å²) in [6.07, 6.45) is 4.63. The molecule has 0 atom stereocenters. The highest BCUT2D eigenvalue weighted by molar-refractivity contribution is 5.92. The quantitative estimate of drug-likeness (QED) is 0.906. The van der Waals surface area contributed by atoms with Crippen molar-refractivity contribution in [3.8, 4) is 0 Å². The average Bonchev–Trinajstić information content (AvgIpc) is 2.47. The monoisotopic (exact) mass is 290 g/mol. The number of hydrogen-bond donors (Lipinski definition) is 1. The van der Waals surface area contributed by atoms with E-state index in [1.807, 2.05) is 25.7 Å². The van der Waals surface area contributed by atoms with E-state index in [-0.39, 0.29) is 23.8 Å². The first-order chi connectivity index (χ1) is 9.97. The van der Waals surface area contributed by atoms with Crippen molar-refractivity contribution in [3.63, 3.8) is 0 Å². The van der Waals surface area contributed by atoms with Gasteiger partial charge in [-0.1, -0.05) is 13.8 Å². The Labute approximate surface area is 125 Å². The molecule has 21 heavy (non-hydrogen) atoms. The fourth-order valence-electron chi connectivity index (χ4n) is 2.38. The molecule has 1 fully saturated rings. The predicted octanol–water partition coefficient (Wildman–Crippen LogP) is 1.16. The van der Waals surface area contributed by atoms with Crippen LogP contribution in [-0.4, -0.2) is 45.8 Å². The molecule has 6 nitrogen and oxygen atoms in total. The Morgan fingerprint density at radius 2 is 1.90 bits per heavy atom. The molecule has 0 spiro atoms. The summed E-state index contributed by atoms with van der Waals surface area (Å²) in [5, 5.41) is 2.96. The van der Waals surface area contributed by atoms with Gasteiger partial charge in [-0.25, -0.2) is 4.98 Å². The van der Waals surface area contributed by atoms with Crippen LogP contribution in [0.1, 0.15) is 42.9 Å². The summed E-state index contributed by atoms with van der Waals surface area (Å²) in [5.74, 6) is 0.0132. The van der Waals surface area contributed by atoms with Gasteiger partial charge in [-0.05, 0) is 19.8 Å². The number of nitrogens with one attached hydrogen (secondary N) is 1. The molecule has 1 aromatic heterocycles. The van der Waals surface area contributed by atoms with E-state index in [0.29, 0.717) is 18.8 Å². The molecule has 1 aromatic rings. The number of carbonyl (C=O) groups is 2. The lowest BCUT2D eigenvalue weighted by atomic mass is 10.0. The standard InChI is InChI=1S/C15H22N4O2/c1-10(2)15(21)19-6-4-12(5-7-19)18-14(20)13-9-16-11(3)8-17-13/h8-10,12H,4-7H2,1-3H3,(H,18,20). The summed E-state index contributed by atoms with van der Waals surface area (Å²) in [6.45, 7) is 7.04. The zero-order valence-corrected chi connectivity index (χ0v) is 12.8. The minimum absolute atomic E-state index is 0.0268.